The Morgan fingerprint density at radius 2 is 2.29 bits per heavy atom. The lowest BCUT2D eigenvalue weighted by Gasteiger charge is -2.07. The Bertz CT molecular complexity index is 502. The molecule has 1 aliphatic rings. The molecule has 0 bridgehead atoms. The monoisotopic (exact) mass is 191 g/mol. The van der Waals surface area contributed by atoms with Crippen LogP contribution in [0.3, 0.4) is 0 Å². The number of aromatic nitrogens is 2. The van der Waals surface area contributed by atoms with Gasteiger partial charge in [-0.05, 0) is 12.8 Å². The fraction of sp³-hybridized carbons (Fsp3) is 0.444. The second-order valence-corrected chi connectivity index (χ2v) is 3.63. The van der Waals surface area contributed by atoms with E-state index in [-0.39, 0.29) is 5.41 Å². The van der Waals surface area contributed by atoms with Gasteiger partial charge in [0.15, 0.2) is 0 Å². The first-order valence-corrected chi connectivity index (χ1v) is 4.36. The molecule has 14 heavy (non-hydrogen) atoms. The lowest BCUT2D eigenvalue weighted by atomic mass is 10.1. The van der Waals surface area contributed by atoms with Gasteiger partial charge in [0.05, 0.1) is 11.5 Å². The molecule has 0 aliphatic heterocycles. The van der Waals surface area contributed by atoms with Crippen LogP contribution >= 0.6 is 0 Å². The molecule has 0 spiro atoms. The summed E-state index contributed by atoms with van der Waals surface area (Å²) in [6, 6.07) is 3.48. The molecule has 0 saturated heterocycles. The van der Waals surface area contributed by atoms with Gasteiger partial charge in [0, 0.05) is 18.8 Å². The summed E-state index contributed by atoms with van der Waals surface area (Å²) in [4.78, 5) is 24.2. The molecule has 1 aliphatic carbocycles. The molecule has 0 radical (unpaired) electrons. The van der Waals surface area contributed by atoms with Crippen LogP contribution in [0.15, 0.2) is 21.9 Å². The Morgan fingerprint density at radius 3 is 2.79 bits per heavy atom. The lowest BCUT2D eigenvalue weighted by Crippen LogP contribution is -2.30. The predicted molar refractivity (Wildman–Crippen MR) is 48.6 cm³/mol. The molecule has 0 aromatic carbocycles. The van der Waals surface area contributed by atoms with Crippen molar-refractivity contribution in [2.24, 2.45) is 5.41 Å². The molecule has 1 saturated carbocycles. The van der Waals surface area contributed by atoms with Gasteiger partial charge >= 0.3 is 5.69 Å². The number of nitrogens with zero attached hydrogens (tertiary/aromatic N) is 2. The maximum Gasteiger partial charge on any atom is 0.328 e. The molecule has 2 rings (SSSR count). The number of hydrogen-bond acceptors (Lipinski definition) is 3. The van der Waals surface area contributed by atoms with Crippen LogP contribution in [-0.2, 0) is 6.54 Å². The van der Waals surface area contributed by atoms with Gasteiger partial charge in [-0.25, -0.2) is 4.79 Å². The van der Waals surface area contributed by atoms with Gasteiger partial charge in [-0.1, -0.05) is 0 Å². The number of aromatic amines is 1. The maximum atomic E-state index is 11.3. The maximum absolute atomic E-state index is 11.3. The summed E-state index contributed by atoms with van der Waals surface area (Å²) in [6.45, 7) is 0.374. The molecule has 1 aromatic heterocycles. The van der Waals surface area contributed by atoms with E-state index >= 15 is 0 Å². The van der Waals surface area contributed by atoms with Gasteiger partial charge in [0.1, 0.15) is 0 Å². The number of nitrogens with one attached hydrogen (secondary N) is 1. The van der Waals surface area contributed by atoms with E-state index in [9.17, 15) is 9.59 Å². The van der Waals surface area contributed by atoms with Crippen molar-refractivity contribution in [2.75, 3.05) is 0 Å². The molecule has 1 aromatic rings. The largest absolute Gasteiger partial charge is 0.328 e. The molecular formula is C9H9N3O2. The molecule has 1 heterocycles. The third kappa shape index (κ3) is 1.46. The zero-order chi connectivity index (χ0) is 10.2. The van der Waals surface area contributed by atoms with Crippen molar-refractivity contribution in [2.45, 2.75) is 19.4 Å². The summed E-state index contributed by atoms with van der Waals surface area (Å²) in [7, 11) is 0. The molecule has 1 N–H and O–H groups in total. The van der Waals surface area contributed by atoms with E-state index in [1.807, 2.05) is 0 Å². The molecule has 72 valence electrons. The van der Waals surface area contributed by atoms with Crippen LogP contribution in [0.1, 0.15) is 12.8 Å². The van der Waals surface area contributed by atoms with Gasteiger partial charge in [0.25, 0.3) is 5.56 Å². The van der Waals surface area contributed by atoms with Crippen molar-refractivity contribution in [1.29, 1.82) is 5.26 Å². The van der Waals surface area contributed by atoms with Crippen molar-refractivity contribution >= 4 is 0 Å². The highest BCUT2D eigenvalue weighted by atomic mass is 16.2. The Balaban J connectivity index is 2.31. The summed E-state index contributed by atoms with van der Waals surface area (Å²) in [5.74, 6) is 0. The minimum absolute atomic E-state index is 0.373. The predicted octanol–water partition coefficient (Wildman–Crippen LogP) is -0.160. The van der Waals surface area contributed by atoms with E-state index < -0.39 is 11.2 Å². The van der Waals surface area contributed by atoms with Gasteiger partial charge in [-0.15, -0.1) is 0 Å². The summed E-state index contributed by atoms with van der Waals surface area (Å²) < 4.78 is 1.37. The third-order valence-electron chi connectivity index (χ3n) is 2.46. The summed E-state index contributed by atoms with van der Waals surface area (Å²) in [5, 5.41) is 8.83. The fourth-order valence-electron chi connectivity index (χ4n) is 1.35. The number of nitriles is 1. The first-order chi connectivity index (χ1) is 6.65. The average Bonchev–Trinajstić information content (AvgIpc) is 2.91. The second-order valence-electron chi connectivity index (χ2n) is 3.63. The molecule has 0 unspecified atom stereocenters. The van der Waals surface area contributed by atoms with Crippen LogP contribution < -0.4 is 11.2 Å². The Kier molecular flexibility index (Phi) is 1.78. The quantitative estimate of drug-likeness (QED) is 0.705. The van der Waals surface area contributed by atoms with Crippen LogP contribution in [-0.4, -0.2) is 9.55 Å². The first-order valence-electron chi connectivity index (χ1n) is 4.36. The van der Waals surface area contributed by atoms with Crippen LogP contribution in [0.25, 0.3) is 0 Å². The first kappa shape index (κ1) is 8.75. The van der Waals surface area contributed by atoms with Gasteiger partial charge < -0.3 is 0 Å². The van der Waals surface area contributed by atoms with Crippen LogP contribution in [0.5, 0.6) is 0 Å². The standard InChI is InChI=1S/C9H9N3O2/c10-5-9(2-3-9)6-12-4-1-7(13)11-8(12)14/h1,4H,2-3,6H2,(H,11,13,14). The number of hydrogen-bond donors (Lipinski definition) is 1. The Hall–Kier alpha value is -1.83. The van der Waals surface area contributed by atoms with Gasteiger partial charge in [-0.3, -0.25) is 14.3 Å². The molecule has 0 atom stereocenters. The van der Waals surface area contributed by atoms with E-state index in [1.54, 1.807) is 0 Å². The fourth-order valence-corrected chi connectivity index (χ4v) is 1.35. The van der Waals surface area contributed by atoms with Crippen molar-refractivity contribution < 1.29 is 0 Å². The van der Waals surface area contributed by atoms with E-state index in [4.69, 9.17) is 5.26 Å². The molecule has 1 fully saturated rings. The summed E-state index contributed by atoms with van der Waals surface area (Å²) >= 11 is 0. The molecular weight excluding hydrogens is 182 g/mol. The zero-order valence-electron chi connectivity index (χ0n) is 7.49. The van der Waals surface area contributed by atoms with Crippen molar-refractivity contribution in [1.82, 2.24) is 9.55 Å². The minimum atomic E-state index is -0.445. The van der Waals surface area contributed by atoms with E-state index in [1.165, 1.54) is 16.8 Å². The van der Waals surface area contributed by atoms with E-state index in [0.717, 1.165) is 12.8 Å². The minimum Gasteiger partial charge on any atom is -0.299 e. The Labute approximate surface area is 79.6 Å². The molecule has 0 amide bonds. The second kappa shape index (κ2) is 2.84. The SMILES string of the molecule is N#CC1(Cn2ccc(=O)[nH]c2=O)CC1. The van der Waals surface area contributed by atoms with E-state index in [0.29, 0.717) is 6.54 Å². The smallest absolute Gasteiger partial charge is 0.299 e. The number of H-pyrrole nitrogens is 1. The zero-order valence-corrected chi connectivity index (χ0v) is 7.49. The van der Waals surface area contributed by atoms with Crippen LogP contribution in [0.2, 0.25) is 0 Å². The third-order valence-corrected chi connectivity index (χ3v) is 2.46. The van der Waals surface area contributed by atoms with E-state index in [2.05, 4.69) is 11.1 Å². The van der Waals surface area contributed by atoms with Crippen molar-refractivity contribution in [3.05, 3.63) is 33.1 Å². The number of rotatable bonds is 2. The van der Waals surface area contributed by atoms with Gasteiger partial charge in [-0.2, -0.15) is 5.26 Å². The van der Waals surface area contributed by atoms with Crippen LogP contribution in [0, 0.1) is 16.7 Å². The summed E-state index contributed by atoms with van der Waals surface area (Å²) in [5.41, 5.74) is -1.23. The topological polar surface area (TPSA) is 78.7 Å². The molecule has 5 heteroatoms. The highest BCUT2D eigenvalue weighted by Gasteiger charge is 2.43. The summed E-state index contributed by atoms with van der Waals surface area (Å²) in [6.07, 6.45) is 3.09. The molecule has 5 nitrogen and oxygen atoms in total. The highest BCUT2D eigenvalue weighted by molar-refractivity contribution is 5.09. The lowest BCUT2D eigenvalue weighted by molar-refractivity contribution is 0.505. The normalized spacial score (nSPS) is 17.4. The van der Waals surface area contributed by atoms with Crippen molar-refractivity contribution in [3.63, 3.8) is 0 Å². The average molecular weight is 191 g/mol. The highest BCUT2D eigenvalue weighted by Crippen LogP contribution is 2.45. The van der Waals surface area contributed by atoms with Crippen molar-refractivity contribution in [3.8, 4) is 6.07 Å². The van der Waals surface area contributed by atoms with Gasteiger partial charge in [0.2, 0.25) is 0 Å². The Morgan fingerprint density at radius 1 is 1.57 bits per heavy atom. The van der Waals surface area contributed by atoms with Crippen LogP contribution in [0.4, 0.5) is 0 Å².